The molecule has 0 aromatic carbocycles. The fourth-order valence-corrected chi connectivity index (χ4v) is 1.74. The molecule has 1 saturated carbocycles. The average Bonchev–Trinajstić information content (AvgIpc) is 2.96. The molecule has 1 aliphatic rings. The summed E-state index contributed by atoms with van der Waals surface area (Å²) in [5.41, 5.74) is -0.516. The van der Waals surface area contributed by atoms with E-state index in [9.17, 15) is 9.59 Å². The van der Waals surface area contributed by atoms with Crippen LogP contribution in [0.3, 0.4) is 0 Å². The lowest BCUT2D eigenvalue weighted by Crippen LogP contribution is -2.38. The number of hydrogen-bond donors (Lipinski definition) is 0. The predicted molar refractivity (Wildman–Crippen MR) is 64.1 cm³/mol. The Morgan fingerprint density at radius 2 is 1.88 bits per heavy atom. The molecule has 16 heavy (non-hydrogen) atoms. The summed E-state index contributed by atoms with van der Waals surface area (Å²) < 4.78 is 0. The molecule has 1 amide bonds. The van der Waals surface area contributed by atoms with Crippen molar-refractivity contribution in [1.29, 1.82) is 0 Å². The van der Waals surface area contributed by atoms with Gasteiger partial charge in [0.05, 0.1) is 0 Å². The van der Waals surface area contributed by atoms with Crippen LogP contribution >= 0.6 is 0 Å². The molecule has 0 radical (unpaired) electrons. The Morgan fingerprint density at radius 3 is 2.25 bits per heavy atom. The summed E-state index contributed by atoms with van der Waals surface area (Å²) >= 11 is 0. The van der Waals surface area contributed by atoms with Gasteiger partial charge in [-0.15, -0.1) is 0 Å². The zero-order valence-corrected chi connectivity index (χ0v) is 10.9. The second kappa shape index (κ2) is 4.98. The van der Waals surface area contributed by atoms with Crippen LogP contribution in [0.4, 0.5) is 0 Å². The van der Waals surface area contributed by atoms with Gasteiger partial charge in [0, 0.05) is 24.4 Å². The fourth-order valence-electron chi connectivity index (χ4n) is 1.74. The van der Waals surface area contributed by atoms with E-state index in [0.717, 1.165) is 25.8 Å². The van der Waals surface area contributed by atoms with Crippen LogP contribution in [-0.2, 0) is 9.59 Å². The highest BCUT2D eigenvalue weighted by Gasteiger charge is 2.35. The first kappa shape index (κ1) is 13.2. The first-order chi connectivity index (χ1) is 7.38. The van der Waals surface area contributed by atoms with E-state index >= 15 is 0 Å². The molecule has 0 aliphatic heterocycles. The summed E-state index contributed by atoms with van der Waals surface area (Å²) in [6.45, 7) is 8.18. The van der Waals surface area contributed by atoms with Crippen molar-refractivity contribution in [3.05, 3.63) is 0 Å². The Kier molecular flexibility index (Phi) is 4.11. The summed E-state index contributed by atoms with van der Waals surface area (Å²) in [7, 11) is 0. The highest BCUT2D eigenvalue weighted by molar-refractivity contribution is 5.88. The third-order valence-corrected chi connectivity index (χ3v) is 3.32. The maximum atomic E-state index is 12.1. The number of rotatable bonds is 6. The molecule has 0 aromatic heterocycles. The number of Topliss-reactive ketones (excluding diaryl/α,β-unsaturated/α-hetero) is 1. The third kappa shape index (κ3) is 3.32. The quantitative estimate of drug-likeness (QED) is 0.696. The van der Waals surface area contributed by atoms with Gasteiger partial charge < -0.3 is 4.90 Å². The normalized spacial score (nSPS) is 16.0. The van der Waals surface area contributed by atoms with Crippen LogP contribution in [0.5, 0.6) is 0 Å². The predicted octanol–water partition coefficient (Wildman–Crippen LogP) is 2.39. The lowest BCUT2D eigenvalue weighted by molar-refractivity contribution is -0.138. The van der Waals surface area contributed by atoms with E-state index in [1.807, 2.05) is 18.7 Å². The van der Waals surface area contributed by atoms with Gasteiger partial charge in [0.2, 0.25) is 5.91 Å². The fraction of sp³-hybridized carbons (Fsp3) is 0.846. The minimum atomic E-state index is -0.516. The first-order valence-electron chi connectivity index (χ1n) is 6.19. The molecule has 0 N–H and O–H groups in total. The van der Waals surface area contributed by atoms with Crippen molar-refractivity contribution in [2.45, 2.75) is 59.4 Å². The van der Waals surface area contributed by atoms with Gasteiger partial charge in [0.1, 0.15) is 5.78 Å². The maximum Gasteiger partial charge on any atom is 0.223 e. The van der Waals surface area contributed by atoms with E-state index in [2.05, 4.69) is 6.92 Å². The largest absolute Gasteiger partial charge is 0.340 e. The highest BCUT2D eigenvalue weighted by atomic mass is 16.2. The molecule has 0 atom stereocenters. The van der Waals surface area contributed by atoms with Crippen molar-refractivity contribution in [2.75, 3.05) is 6.54 Å². The molecule has 0 aromatic rings. The van der Waals surface area contributed by atoms with Crippen LogP contribution < -0.4 is 0 Å². The molecular weight excluding hydrogens is 202 g/mol. The van der Waals surface area contributed by atoms with E-state index in [1.54, 1.807) is 6.92 Å². The van der Waals surface area contributed by atoms with Crippen LogP contribution in [0.25, 0.3) is 0 Å². The molecule has 0 unspecified atom stereocenters. The zero-order chi connectivity index (χ0) is 12.3. The summed E-state index contributed by atoms with van der Waals surface area (Å²) in [6, 6.07) is 0.454. The summed E-state index contributed by atoms with van der Waals surface area (Å²) in [4.78, 5) is 25.5. The number of carbonyl (C=O) groups excluding carboxylic acids is 2. The van der Waals surface area contributed by atoms with Crippen LogP contribution in [0.2, 0.25) is 0 Å². The Morgan fingerprint density at radius 1 is 1.31 bits per heavy atom. The lowest BCUT2D eigenvalue weighted by atomic mass is 9.85. The van der Waals surface area contributed by atoms with Gasteiger partial charge in [0.25, 0.3) is 0 Å². The SMILES string of the molecule is CCCN(C(=O)CC(C)(C)C(C)=O)C1CC1. The van der Waals surface area contributed by atoms with Crippen molar-refractivity contribution in [3.63, 3.8) is 0 Å². The molecule has 3 heteroatoms. The Bertz CT molecular complexity index is 280. The molecule has 0 heterocycles. The molecule has 1 rings (SSSR count). The van der Waals surface area contributed by atoms with Gasteiger partial charge in [-0.1, -0.05) is 20.8 Å². The Balaban J connectivity index is 2.58. The zero-order valence-electron chi connectivity index (χ0n) is 10.9. The standard InChI is InChI=1S/C13H23NO2/c1-5-8-14(11-6-7-11)12(16)9-13(3,4)10(2)15/h11H,5-9H2,1-4H3. The van der Waals surface area contributed by atoms with E-state index in [4.69, 9.17) is 0 Å². The number of hydrogen-bond acceptors (Lipinski definition) is 2. The van der Waals surface area contributed by atoms with E-state index < -0.39 is 5.41 Å². The topological polar surface area (TPSA) is 37.4 Å². The summed E-state index contributed by atoms with van der Waals surface area (Å²) in [6.07, 6.45) is 3.60. The van der Waals surface area contributed by atoms with Gasteiger partial charge in [-0.25, -0.2) is 0 Å². The number of ketones is 1. The van der Waals surface area contributed by atoms with Crippen LogP contribution in [0.1, 0.15) is 53.4 Å². The smallest absolute Gasteiger partial charge is 0.223 e. The van der Waals surface area contributed by atoms with Gasteiger partial charge >= 0.3 is 0 Å². The molecule has 0 spiro atoms. The van der Waals surface area contributed by atoms with E-state index in [1.165, 1.54) is 0 Å². The molecule has 3 nitrogen and oxygen atoms in total. The van der Waals surface area contributed by atoms with Crippen molar-refractivity contribution in [2.24, 2.45) is 5.41 Å². The monoisotopic (exact) mass is 225 g/mol. The van der Waals surface area contributed by atoms with Gasteiger partial charge in [-0.05, 0) is 26.2 Å². The van der Waals surface area contributed by atoms with Crippen LogP contribution in [0, 0.1) is 5.41 Å². The molecule has 1 aliphatic carbocycles. The highest BCUT2D eigenvalue weighted by Crippen LogP contribution is 2.30. The molecule has 0 bridgehead atoms. The first-order valence-corrected chi connectivity index (χ1v) is 6.19. The lowest BCUT2D eigenvalue weighted by Gasteiger charge is -2.27. The van der Waals surface area contributed by atoms with Gasteiger partial charge in [-0.2, -0.15) is 0 Å². The maximum absolute atomic E-state index is 12.1. The van der Waals surface area contributed by atoms with Crippen molar-refractivity contribution in [1.82, 2.24) is 4.90 Å². The number of carbonyl (C=O) groups is 2. The minimum Gasteiger partial charge on any atom is -0.340 e. The van der Waals surface area contributed by atoms with Crippen LogP contribution in [0.15, 0.2) is 0 Å². The Hall–Kier alpha value is -0.860. The summed E-state index contributed by atoms with van der Waals surface area (Å²) in [5.74, 6) is 0.234. The van der Waals surface area contributed by atoms with E-state index in [0.29, 0.717) is 12.5 Å². The summed E-state index contributed by atoms with van der Waals surface area (Å²) in [5, 5.41) is 0. The average molecular weight is 225 g/mol. The molecule has 0 saturated heterocycles. The van der Waals surface area contributed by atoms with Gasteiger partial charge in [0.15, 0.2) is 0 Å². The minimum absolute atomic E-state index is 0.0908. The molecule has 92 valence electrons. The van der Waals surface area contributed by atoms with E-state index in [-0.39, 0.29) is 11.7 Å². The molecule has 1 fully saturated rings. The number of nitrogens with zero attached hydrogens (tertiary/aromatic N) is 1. The van der Waals surface area contributed by atoms with Crippen molar-refractivity contribution in [3.8, 4) is 0 Å². The molecular formula is C13H23NO2. The van der Waals surface area contributed by atoms with Crippen LogP contribution in [-0.4, -0.2) is 29.2 Å². The number of amides is 1. The Labute approximate surface area is 98.2 Å². The third-order valence-electron chi connectivity index (χ3n) is 3.32. The second-order valence-corrected chi connectivity index (χ2v) is 5.44. The second-order valence-electron chi connectivity index (χ2n) is 5.44. The van der Waals surface area contributed by atoms with Crippen molar-refractivity contribution < 1.29 is 9.59 Å². The van der Waals surface area contributed by atoms with Crippen molar-refractivity contribution >= 4 is 11.7 Å². The van der Waals surface area contributed by atoms with Gasteiger partial charge in [-0.3, -0.25) is 9.59 Å².